The average Bonchev–Trinajstić information content (AvgIpc) is 3.04. The Morgan fingerprint density at radius 1 is 1.21 bits per heavy atom. The predicted octanol–water partition coefficient (Wildman–Crippen LogP) is 3.86. The van der Waals surface area contributed by atoms with E-state index in [1.165, 1.54) is 11.3 Å². The molecule has 1 amide bonds. The zero-order chi connectivity index (χ0) is 16.9. The van der Waals surface area contributed by atoms with Gasteiger partial charge in [-0.3, -0.25) is 9.69 Å². The van der Waals surface area contributed by atoms with Crippen molar-refractivity contribution in [1.82, 2.24) is 10.2 Å². The molecule has 4 nitrogen and oxygen atoms in total. The molecular formula is C17H18Cl2N2O2S. The van der Waals surface area contributed by atoms with Gasteiger partial charge in [-0.2, -0.15) is 0 Å². The van der Waals surface area contributed by atoms with Crippen molar-refractivity contribution in [1.29, 1.82) is 0 Å². The summed E-state index contributed by atoms with van der Waals surface area (Å²) in [5, 5.41) is 3.72. The largest absolute Gasteiger partial charge is 0.379 e. The Balaban J connectivity index is 1.74. The highest BCUT2D eigenvalue weighted by Crippen LogP contribution is 2.28. The number of morpholine rings is 1. The first kappa shape index (κ1) is 17.7. The van der Waals surface area contributed by atoms with Crippen LogP contribution in [0.15, 0.2) is 36.4 Å². The minimum atomic E-state index is -0.114. The fourth-order valence-electron chi connectivity index (χ4n) is 2.78. The summed E-state index contributed by atoms with van der Waals surface area (Å²) in [6, 6.07) is 11.3. The summed E-state index contributed by atoms with van der Waals surface area (Å²) in [5.74, 6) is -0.114. The summed E-state index contributed by atoms with van der Waals surface area (Å²) in [4.78, 5) is 15.2. The molecule has 0 spiro atoms. The van der Waals surface area contributed by atoms with Gasteiger partial charge in [-0.15, -0.1) is 11.3 Å². The molecule has 1 aliphatic heterocycles. The lowest BCUT2D eigenvalue weighted by Crippen LogP contribution is -2.43. The fourth-order valence-corrected chi connectivity index (χ4v) is 4.00. The number of benzene rings is 1. The van der Waals surface area contributed by atoms with Crippen LogP contribution < -0.4 is 5.32 Å². The third-order valence-corrected chi connectivity index (χ3v) is 5.58. The molecule has 2 heterocycles. The highest BCUT2D eigenvalue weighted by atomic mass is 35.5. The number of thiophene rings is 1. The first-order valence-corrected chi connectivity index (χ1v) is 9.32. The second-order valence-corrected chi connectivity index (χ2v) is 7.62. The van der Waals surface area contributed by atoms with Gasteiger partial charge < -0.3 is 10.1 Å². The summed E-state index contributed by atoms with van der Waals surface area (Å²) in [7, 11) is 0. The standard InChI is InChI=1S/C17H18Cl2N2O2S/c18-13-4-2-1-3-12(13)14(21-7-9-23-10-8-21)11-20-17(22)15-5-6-16(19)24-15/h1-6,14H,7-11H2,(H,20,22). The molecule has 128 valence electrons. The van der Waals surface area contributed by atoms with E-state index in [2.05, 4.69) is 10.2 Å². The molecule has 1 saturated heterocycles. The van der Waals surface area contributed by atoms with Crippen molar-refractivity contribution in [2.45, 2.75) is 6.04 Å². The van der Waals surface area contributed by atoms with E-state index in [9.17, 15) is 4.79 Å². The predicted molar refractivity (Wildman–Crippen MR) is 98.2 cm³/mol. The molecule has 1 aliphatic rings. The molecule has 1 N–H and O–H groups in total. The van der Waals surface area contributed by atoms with Crippen molar-refractivity contribution in [3.8, 4) is 0 Å². The van der Waals surface area contributed by atoms with Gasteiger partial charge in [0.1, 0.15) is 0 Å². The van der Waals surface area contributed by atoms with Gasteiger partial charge in [-0.1, -0.05) is 41.4 Å². The zero-order valence-electron chi connectivity index (χ0n) is 13.0. The highest BCUT2D eigenvalue weighted by Gasteiger charge is 2.25. The monoisotopic (exact) mass is 384 g/mol. The van der Waals surface area contributed by atoms with Crippen LogP contribution in [-0.2, 0) is 4.74 Å². The van der Waals surface area contributed by atoms with Crippen LogP contribution in [0.4, 0.5) is 0 Å². The quantitative estimate of drug-likeness (QED) is 0.850. The molecule has 0 bridgehead atoms. The van der Waals surface area contributed by atoms with Gasteiger partial charge in [0.05, 0.1) is 28.5 Å². The van der Waals surface area contributed by atoms with E-state index >= 15 is 0 Å². The van der Waals surface area contributed by atoms with E-state index < -0.39 is 0 Å². The third-order valence-electron chi connectivity index (χ3n) is 4.00. The first-order chi connectivity index (χ1) is 11.6. The molecule has 1 atom stereocenters. The third kappa shape index (κ3) is 4.29. The SMILES string of the molecule is O=C(NCC(c1ccccc1Cl)N1CCOCC1)c1ccc(Cl)s1. The van der Waals surface area contributed by atoms with E-state index in [4.69, 9.17) is 27.9 Å². The number of nitrogens with zero attached hydrogens (tertiary/aromatic N) is 1. The van der Waals surface area contributed by atoms with Crippen LogP contribution in [0, 0.1) is 0 Å². The van der Waals surface area contributed by atoms with Gasteiger partial charge in [0.2, 0.25) is 0 Å². The maximum absolute atomic E-state index is 12.3. The number of amides is 1. The lowest BCUT2D eigenvalue weighted by Gasteiger charge is -2.35. The van der Waals surface area contributed by atoms with Crippen molar-refractivity contribution < 1.29 is 9.53 Å². The summed E-state index contributed by atoms with van der Waals surface area (Å²) < 4.78 is 6.05. The molecule has 0 radical (unpaired) electrons. The number of hydrogen-bond acceptors (Lipinski definition) is 4. The van der Waals surface area contributed by atoms with Crippen LogP contribution in [0.3, 0.4) is 0 Å². The molecule has 3 rings (SSSR count). The van der Waals surface area contributed by atoms with Gasteiger partial charge in [-0.25, -0.2) is 0 Å². The van der Waals surface area contributed by atoms with Crippen LogP contribution in [0.25, 0.3) is 0 Å². The minimum Gasteiger partial charge on any atom is -0.379 e. The van der Waals surface area contributed by atoms with Gasteiger partial charge in [-0.05, 0) is 23.8 Å². The normalized spacial score (nSPS) is 16.8. The van der Waals surface area contributed by atoms with Crippen molar-refractivity contribution in [2.75, 3.05) is 32.8 Å². The van der Waals surface area contributed by atoms with Crippen molar-refractivity contribution >= 4 is 40.4 Å². The smallest absolute Gasteiger partial charge is 0.261 e. The Bertz CT molecular complexity index is 701. The number of ether oxygens (including phenoxy) is 1. The summed E-state index contributed by atoms with van der Waals surface area (Å²) in [6.07, 6.45) is 0. The Morgan fingerprint density at radius 2 is 1.96 bits per heavy atom. The number of nitrogens with one attached hydrogen (secondary N) is 1. The maximum atomic E-state index is 12.3. The van der Waals surface area contributed by atoms with E-state index in [1.54, 1.807) is 12.1 Å². The van der Waals surface area contributed by atoms with Crippen LogP contribution in [0.2, 0.25) is 9.36 Å². The van der Waals surface area contributed by atoms with E-state index in [-0.39, 0.29) is 11.9 Å². The van der Waals surface area contributed by atoms with Gasteiger partial charge in [0.25, 0.3) is 5.91 Å². The van der Waals surface area contributed by atoms with Crippen LogP contribution >= 0.6 is 34.5 Å². The van der Waals surface area contributed by atoms with E-state index in [0.29, 0.717) is 34.0 Å². The zero-order valence-corrected chi connectivity index (χ0v) is 15.3. The van der Waals surface area contributed by atoms with Crippen molar-refractivity contribution in [3.63, 3.8) is 0 Å². The Hall–Kier alpha value is -1.11. The second-order valence-electron chi connectivity index (χ2n) is 5.50. The summed E-state index contributed by atoms with van der Waals surface area (Å²) >= 11 is 13.6. The number of rotatable bonds is 5. The molecule has 0 saturated carbocycles. The van der Waals surface area contributed by atoms with E-state index in [0.717, 1.165) is 18.7 Å². The molecule has 0 aliphatic carbocycles. The molecule has 1 aromatic heterocycles. The van der Waals surface area contributed by atoms with Gasteiger partial charge >= 0.3 is 0 Å². The number of carbonyl (C=O) groups is 1. The molecular weight excluding hydrogens is 367 g/mol. The maximum Gasteiger partial charge on any atom is 0.261 e. The molecule has 1 fully saturated rings. The topological polar surface area (TPSA) is 41.6 Å². The lowest BCUT2D eigenvalue weighted by molar-refractivity contribution is 0.0162. The second kappa shape index (κ2) is 8.32. The van der Waals surface area contributed by atoms with Gasteiger partial charge in [0.15, 0.2) is 0 Å². The van der Waals surface area contributed by atoms with E-state index in [1.807, 2.05) is 24.3 Å². The Kier molecular flexibility index (Phi) is 6.14. The van der Waals surface area contributed by atoms with Gasteiger partial charge in [0, 0.05) is 24.7 Å². The summed E-state index contributed by atoms with van der Waals surface area (Å²) in [5.41, 5.74) is 1.02. The van der Waals surface area contributed by atoms with Crippen LogP contribution in [0.1, 0.15) is 21.3 Å². The van der Waals surface area contributed by atoms with Crippen LogP contribution in [0.5, 0.6) is 0 Å². The molecule has 1 unspecified atom stereocenters. The lowest BCUT2D eigenvalue weighted by atomic mass is 10.0. The summed E-state index contributed by atoms with van der Waals surface area (Å²) in [6.45, 7) is 3.50. The van der Waals surface area contributed by atoms with Crippen LogP contribution in [-0.4, -0.2) is 43.7 Å². The Morgan fingerprint density at radius 3 is 2.62 bits per heavy atom. The average molecular weight is 385 g/mol. The number of hydrogen-bond donors (Lipinski definition) is 1. The Labute approximate surface area is 155 Å². The molecule has 2 aromatic rings. The number of carbonyl (C=O) groups excluding carboxylic acids is 1. The highest BCUT2D eigenvalue weighted by molar-refractivity contribution is 7.17. The molecule has 24 heavy (non-hydrogen) atoms. The molecule has 7 heteroatoms. The number of halogens is 2. The fraction of sp³-hybridized carbons (Fsp3) is 0.353. The molecule has 1 aromatic carbocycles. The minimum absolute atomic E-state index is 0.0157. The van der Waals surface area contributed by atoms with Crippen molar-refractivity contribution in [3.05, 3.63) is 56.2 Å². The van der Waals surface area contributed by atoms with Crippen molar-refractivity contribution in [2.24, 2.45) is 0 Å². The first-order valence-electron chi connectivity index (χ1n) is 7.75.